The first-order valence-corrected chi connectivity index (χ1v) is 18.9. The molecule has 0 saturated carbocycles. The minimum absolute atomic E-state index is 0.0864. The van der Waals surface area contributed by atoms with E-state index in [-0.39, 0.29) is 11.9 Å². The van der Waals surface area contributed by atoms with E-state index in [4.69, 9.17) is 24.1 Å². The summed E-state index contributed by atoms with van der Waals surface area (Å²) in [4.78, 5) is 58.2. The van der Waals surface area contributed by atoms with Crippen molar-refractivity contribution in [1.29, 1.82) is 5.26 Å². The Morgan fingerprint density at radius 1 is 0.907 bits per heavy atom. The molecule has 0 radical (unpaired) electrons. The van der Waals surface area contributed by atoms with Gasteiger partial charge in [-0.2, -0.15) is 0 Å². The van der Waals surface area contributed by atoms with Gasteiger partial charge in [-0.05, 0) is 53.7 Å². The molecule has 0 bridgehead atoms. The van der Waals surface area contributed by atoms with Gasteiger partial charge in [-0.25, -0.2) is 9.59 Å². The molecule has 0 aliphatic carbocycles. The van der Waals surface area contributed by atoms with Crippen LogP contribution < -0.4 is 21.3 Å². The van der Waals surface area contributed by atoms with E-state index in [2.05, 4.69) is 26.3 Å². The quantitative estimate of drug-likeness (QED) is 0.0400. The Bertz CT molecular complexity index is 1780. The zero-order valence-electron chi connectivity index (χ0n) is 32.1. The molecule has 15 nitrogen and oxygen atoms in total. The van der Waals surface area contributed by atoms with Crippen molar-refractivity contribution in [2.45, 2.75) is 90.4 Å². The first-order chi connectivity index (χ1) is 25.2. The fraction of sp³-hybridized carbons (Fsp3) is 0.472. The van der Waals surface area contributed by atoms with Crippen LogP contribution in [-0.2, 0) is 18.9 Å². The molecule has 2 heterocycles. The molecule has 4 amide bonds. The summed E-state index contributed by atoms with van der Waals surface area (Å²) in [7, 11) is 1.18. The molecule has 0 unspecified atom stereocenters. The topological polar surface area (TPSA) is 193 Å². The third-order valence-electron chi connectivity index (χ3n) is 6.54. The van der Waals surface area contributed by atoms with Crippen LogP contribution in [0.2, 0.25) is 0 Å². The number of hydrogen-bond donors (Lipinski definition) is 4. The number of thioether (sulfide) groups is 1. The first-order valence-electron chi connectivity index (χ1n) is 17.1. The van der Waals surface area contributed by atoms with Crippen molar-refractivity contribution in [3.8, 4) is 6.26 Å². The minimum atomic E-state index is -0.856. The van der Waals surface area contributed by atoms with Crippen LogP contribution in [0.4, 0.5) is 20.1 Å². The summed E-state index contributed by atoms with van der Waals surface area (Å²) in [6.07, 6.45) is 1.94. The van der Waals surface area contributed by atoms with Gasteiger partial charge in [0.1, 0.15) is 11.2 Å². The summed E-state index contributed by atoms with van der Waals surface area (Å²) >= 11 is 2.91. The van der Waals surface area contributed by atoms with Gasteiger partial charge >= 0.3 is 192 Å². The molecule has 0 fully saturated rings. The van der Waals surface area contributed by atoms with E-state index in [1.807, 2.05) is 41.3 Å². The molecular weight excluding hydrogens is 733 g/mol. The number of nitrogens with zero attached hydrogens (tertiary/aromatic N) is 3. The van der Waals surface area contributed by atoms with Crippen LogP contribution in [0.1, 0.15) is 83.3 Å². The Labute approximate surface area is 325 Å². The molecule has 290 valence electrons. The number of thiophene rings is 1. The average molecular weight is 782 g/mol. The number of carbonyl (C=O) groups is 4. The summed E-state index contributed by atoms with van der Waals surface area (Å²) in [5, 5.41) is 19.9. The Kier molecular flexibility index (Phi) is 15.6. The van der Waals surface area contributed by atoms with E-state index in [0.717, 1.165) is 15.3 Å². The van der Waals surface area contributed by atoms with Gasteiger partial charge in [0, 0.05) is 17.2 Å². The minimum Gasteiger partial charge on any atom is -0.444 e. The molecule has 1 aromatic heterocycles. The maximum atomic E-state index is 13.1. The fourth-order valence-corrected chi connectivity index (χ4v) is 6.21. The molecule has 4 N–H and O–H groups in total. The normalized spacial score (nSPS) is 13.7. The van der Waals surface area contributed by atoms with Crippen molar-refractivity contribution < 1.29 is 38.0 Å². The van der Waals surface area contributed by atoms with Gasteiger partial charge < -0.3 is 14.8 Å². The van der Waals surface area contributed by atoms with Crippen molar-refractivity contribution in [2.75, 3.05) is 30.7 Å². The molecule has 0 saturated heterocycles. The second-order valence-electron chi connectivity index (χ2n) is 14.7. The molecule has 1 aliphatic heterocycles. The number of ether oxygens (including phenoxy) is 3. The van der Waals surface area contributed by atoms with Crippen LogP contribution in [-0.4, -0.2) is 90.1 Å². The van der Waals surface area contributed by atoms with Gasteiger partial charge in [-0.15, -0.1) is 16.8 Å². The molecule has 54 heavy (non-hydrogen) atoms. The van der Waals surface area contributed by atoms with Crippen molar-refractivity contribution in [1.82, 2.24) is 20.9 Å². The van der Waals surface area contributed by atoms with Crippen LogP contribution >= 0.6 is 23.1 Å². The van der Waals surface area contributed by atoms with Crippen molar-refractivity contribution in [3.05, 3.63) is 52.2 Å². The monoisotopic (exact) mass is 781 g/mol. The Morgan fingerprint density at radius 2 is 1.54 bits per heavy atom. The van der Waals surface area contributed by atoms with Crippen molar-refractivity contribution >= 4 is 77.3 Å². The zero-order chi connectivity index (χ0) is 40.1. The zero-order valence-corrected chi connectivity index (χ0v) is 33.7. The van der Waals surface area contributed by atoms with Crippen LogP contribution in [0.25, 0.3) is 5.57 Å². The average Bonchev–Trinajstić information content (AvgIpc) is 3.54. The number of anilines is 1. The van der Waals surface area contributed by atoms with Gasteiger partial charge in [0.25, 0.3) is 0 Å². The summed E-state index contributed by atoms with van der Waals surface area (Å²) in [5.41, 5.74) is -0.183. The van der Waals surface area contributed by atoms with Gasteiger partial charge in [-0.3, -0.25) is 5.32 Å². The molecule has 0 spiro atoms. The van der Waals surface area contributed by atoms with E-state index < -0.39 is 35.1 Å². The molecule has 3 rings (SSSR count). The summed E-state index contributed by atoms with van der Waals surface area (Å²) < 4.78 is 20.6. The molecule has 18 heteroatoms. The van der Waals surface area contributed by atoms with E-state index in [0.29, 0.717) is 48.1 Å². The fourth-order valence-electron chi connectivity index (χ4n) is 4.47. The van der Waals surface area contributed by atoms with Crippen LogP contribution in [0.5, 0.6) is 0 Å². The number of guanidine groups is 1. The molecule has 0 atom stereocenters. The van der Waals surface area contributed by atoms with Crippen molar-refractivity contribution in [2.24, 2.45) is 4.99 Å². The summed E-state index contributed by atoms with van der Waals surface area (Å²) in [6, 6.07) is 11.1. The smallest absolute Gasteiger partial charge is 0.444 e. The van der Waals surface area contributed by atoms with Gasteiger partial charge in [0.15, 0.2) is 0 Å². The maximum absolute atomic E-state index is 13.1. The number of aliphatic imine (C=N–C) groups is 1. The van der Waals surface area contributed by atoms with Gasteiger partial charge in [0.2, 0.25) is 5.96 Å². The molecule has 1 aromatic carbocycles. The van der Waals surface area contributed by atoms with Gasteiger partial charge in [-0.1, -0.05) is 0 Å². The number of benzene rings is 1. The SMILES string of the molecule is CC(C)(C)OC(=O)N=C(NCCSc1ccc(NC(=O)c2ccc(C3=CCN(C(=BOC#N)NC(=O)OC(C)(C)C)CC3)s2)cc1)NC(=O)OC(C)(C)C. The summed E-state index contributed by atoms with van der Waals surface area (Å²) in [5.74, 6) is 0.242. The number of alkyl carbamates (subject to hydrolysis) is 2. The predicted molar refractivity (Wildman–Crippen MR) is 211 cm³/mol. The van der Waals surface area contributed by atoms with Gasteiger partial charge in [0.05, 0.1) is 0 Å². The number of rotatable bonds is 10. The first kappa shape index (κ1) is 43.4. The molecular formula is C36H48BN7O8S2. The summed E-state index contributed by atoms with van der Waals surface area (Å²) in [6.45, 7) is 16.9. The van der Waals surface area contributed by atoms with Crippen LogP contribution in [0.15, 0.2) is 52.4 Å². The number of amides is 4. The number of hydrogen-bond acceptors (Lipinski definition) is 12. The van der Waals surface area contributed by atoms with E-state index >= 15 is 0 Å². The number of carbonyl (C=O) groups excluding carboxylic acids is 4. The Balaban J connectivity index is 1.53. The second kappa shape index (κ2) is 19.4. The number of nitriles is 1. The van der Waals surface area contributed by atoms with Crippen molar-refractivity contribution in [3.63, 3.8) is 0 Å². The number of nitrogens with one attached hydrogen (secondary N) is 4. The van der Waals surface area contributed by atoms with E-state index in [1.54, 1.807) is 74.6 Å². The third kappa shape index (κ3) is 16.3. The Hall–Kier alpha value is -5.02. The Morgan fingerprint density at radius 3 is 2.11 bits per heavy atom. The molecule has 1 aliphatic rings. The third-order valence-corrected chi connectivity index (χ3v) is 8.71. The van der Waals surface area contributed by atoms with E-state index in [9.17, 15) is 19.2 Å². The van der Waals surface area contributed by atoms with Crippen LogP contribution in [0, 0.1) is 11.5 Å². The van der Waals surface area contributed by atoms with E-state index in [1.165, 1.54) is 30.2 Å². The predicted octanol–water partition coefficient (Wildman–Crippen LogP) is 6.32. The van der Waals surface area contributed by atoms with Crippen LogP contribution in [0.3, 0.4) is 0 Å². The molecule has 2 aromatic rings. The second-order valence-corrected chi connectivity index (χ2v) is 17.0. The standard InChI is InChI=1S/C36H48BN7O8S2/c1-34(2,3)50-31(46)41-29(37-49-22-38)44-19-16-23(17-20-44)26-14-15-27(54-26)28(45)40-24-10-12-25(13-11-24)53-21-18-39-30(42-32(47)51-35(4,5)6)43-33(48)52-36(7,8)9/h10-16H,17-21H2,1-9H3,(H,40,45)(H,41,46)(H2,39,42,43,47,48).